The first-order valence-electron chi connectivity index (χ1n) is 9.95. The van der Waals surface area contributed by atoms with Gasteiger partial charge in [-0.3, -0.25) is 9.59 Å². The van der Waals surface area contributed by atoms with Crippen molar-refractivity contribution < 1.29 is 23.8 Å². The predicted octanol–water partition coefficient (Wildman–Crippen LogP) is 4.41. The second-order valence-corrected chi connectivity index (χ2v) is 7.38. The van der Waals surface area contributed by atoms with Gasteiger partial charge in [0.05, 0.1) is 29.9 Å². The molecule has 7 nitrogen and oxygen atoms in total. The van der Waals surface area contributed by atoms with Gasteiger partial charge in [-0.05, 0) is 54.6 Å². The van der Waals surface area contributed by atoms with Crippen LogP contribution in [0.5, 0.6) is 17.2 Å². The molecule has 0 radical (unpaired) electrons. The molecule has 0 aliphatic carbocycles. The fourth-order valence-corrected chi connectivity index (χ4v) is 3.52. The molecule has 1 heterocycles. The highest BCUT2D eigenvalue weighted by Gasteiger charge is 2.26. The number of fused-ring (bicyclic) bond motifs is 1. The van der Waals surface area contributed by atoms with Crippen molar-refractivity contribution in [2.75, 3.05) is 37.1 Å². The van der Waals surface area contributed by atoms with Crippen molar-refractivity contribution in [2.24, 2.45) is 0 Å². The largest absolute Gasteiger partial charge is 0.497 e. The molecule has 164 valence electrons. The Bertz CT molecular complexity index is 1130. The third-order valence-electron chi connectivity index (χ3n) is 4.92. The minimum absolute atomic E-state index is 0.0547. The molecule has 8 heteroatoms. The molecule has 3 aromatic carbocycles. The fraction of sp³-hybridized carbons (Fsp3) is 0.167. The number of amides is 2. The lowest BCUT2D eigenvalue weighted by atomic mass is 10.1. The minimum atomic E-state index is -0.340. The van der Waals surface area contributed by atoms with Crippen LogP contribution in [0.25, 0.3) is 0 Å². The van der Waals surface area contributed by atoms with Crippen molar-refractivity contribution in [3.63, 3.8) is 0 Å². The van der Waals surface area contributed by atoms with Crippen LogP contribution in [0.15, 0.2) is 66.7 Å². The maximum Gasteiger partial charge on any atom is 0.265 e. The normalized spacial score (nSPS) is 12.6. The van der Waals surface area contributed by atoms with Crippen molar-refractivity contribution in [3.8, 4) is 17.2 Å². The summed E-state index contributed by atoms with van der Waals surface area (Å²) in [6.45, 7) is 0.553. The van der Waals surface area contributed by atoms with Gasteiger partial charge < -0.3 is 24.4 Å². The lowest BCUT2D eigenvalue weighted by Gasteiger charge is -2.29. The number of hydrogen-bond donors (Lipinski definition) is 1. The number of hydrogen-bond acceptors (Lipinski definition) is 5. The zero-order valence-electron chi connectivity index (χ0n) is 17.3. The zero-order valence-corrected chi connectivity index (χ0v) is 18.1. The molecule has 32 heavy (non-hydrogen) atoms. The number of methoxy groups -OCH3 is 1. The molecule has 4 rings (SSSR count). The third kappa shape index (κ3) is 4.78. The van der Waals surface area contributed by atoms with Gasteiger partial charge in [-0.2, -0.15) is 0 Å². The maximum atomic E-state index is 12.6. The summed E-state index contributed by atoms with van der Waals surface area (Å²) in [5.41, 5.74) is 1.45. The van der Waals surface area contributed by atoms with Gasteiger partial charge in [0.15, 0.2) is 6.61 Å². The molecule has 0 atom stereocenters. The lowest BCUT2D eigenvalue weighted by molar-refractivity contribution is -0.121. The van der Waals surface area contributed by atoms with Gasteiger partial charge in [-0.25, -0.2) is 0 Å². The molecular weight excluding hydrogens is 432 g/mol. The van der Waals surface area contributed by atoms with Crippen molar-refractivity contribution >= 4 is 34.8 Å². The second kappa shape index (κ2) is 9.62. The van der Waals surface area contributed by atoms with Crippen LogP contribution in [0.1, 0.15) is 10.4 Å². The molecule has 0 bridgehead atoms. The molecule has 3 aromatic rings. The van der Waals surface area contributed by atoms with E-state index in [9.17, 15) is 9.59 Å². The second-order valence-electron chi connectivity index (χ2n) is 6.97. The van der Waals surface area contributed by atoms with Crippen LogP contribution < -0.4 is 24.4 Å². The third-order valence-corrected chi connectivity index (χ3v) is 5.25. The topological polar surface area (TPSA) is 77.1 Å². The smallest absolute Gasteiger partial charge is 0.265 e. The SMILES string of the molecule is COc1ccc(OCCN2C(=O)COc3ccc(NC(=O)c4ccccc4Cl)cc32)cc1. The summed E-state index contributed by atoms with van der Waals surface area (Å²) in [7, 11) is 1.60. The summed E-state index contributed by atoms with van der Waals surface area (Å²) in [5.74, 6) is 1.44. The first-order chi connectivity index (χ1) is 15.5. The summed E-state index contributed by atoms with van der Waals surface area (Å²) in [6.07, 6.45) is 0. The number of rotatable bonds is 7. The van der Waals surface area contributed by atoms with Crippen LogP contribution in [-0.4, -0.2) is 38.7 Å². The van der Waals surface area contributed by atoms with E-state index in [1.54, 1.807) is 78.7 Å². The Hall–Kier alpha value is -3.71. The average Bonchev–Trinajstić information content (AvgIpc) is 2.81. The first kappa shape index (κ1) is 21.5. The molecule has 2 amide bonds. The Morgan fingerprint density at radius 1 is 1.09 bits per heavy atom. The Kier molecular flexibility index (Phi) is 6.47. The summed E-state index contributed by atoms with van der Waals surface area (Å²) in [6, 6.07) is 19.2. The van der Waals surface area contributed by atoms with Gasteiger partial charge >= 0.3 is 0 Å². The van der Waals surface area contributed by atoms with E-state index in [1.807, 2.05) is 0 Å². The van der Waals surface area contributed by atoms with Crippen molar-refractivity contribution in [2.45, 2.75) is 0 Å². The first-order valence-corrected chi connectivity index (χ1v) is 10.3. The Balaban J connectivity index is 1.46. The summed E-state index contributed by atoms with van der Waals surface area (Å²) >= 11 is 6.11. The summed E-state index contributed by atoms with van der Waals surface area (Å²) in [4.78, 5) is 26.7. The van der Waals surface area contributed by atoms with E-state index in [1.165, 1.54) is 0 Å². The van der Waals surface area contributed by atoms with Gasteiger partial charge in [0.1, 0.15) is 23.9 Å². The van der Waals surface area contributed by atoms with Gasteiger partial charge in [0.25, 0.3) is 11.8 Å². The van der Waals surface area contributed by atoms with E-state index >= 15 is 0 Å². The standard InChI is InChI=1S/C24H21ClN2O5/c1-30-17-7-9-18(10-8-17)31-13-12-27-21-14-16(6-11-22(21)32-15-23(27)28)26-24(29)19-4-2-3-5-20(19)25/h2-11,14H,12-13,15H2,1H3,(H,26,29). The summed E-state index contributed by atoms with van der Waals surface area (Å²) < 4.78 is 16.4. The number of halogens is 1. The van der Waals surface area contributed by atoms with Crippen molar-refractivity contribution in [1.82, 2.24) is 0 Å². The number of carbonyl (C=O) groups is 2. The van der Waals surface area contributed by atoms with Crippen LogP contribution in [0.2, 0.25) is 5.02 Å². The van der Waals surface area contributed by atoms with Gasteiger partial charge in [0, 0.05) is 5.69 Å². The lowest BCUT2D eigenvalue weighted by Crippen LogP contribution is -2.41. The number of benzene rings is 3. The molecule has 1 aliphatic rings. The van der Waals surface area contributed by atoms with Crippen LogP contribution in [0.4, 0.5) is 11.4 Å². The molecule has 0 fully saturated rings. The van der Waals surface area contributed by atoms with Gasteiger partial charge in [0.2, 0.25) is 0 Å². The maximum absolute atomic E-state index is 12.6. The Morgan fingerprint density at radius 3 is 2.59 bits per heavy atom. The van der Waals surface area contributed by atoms with Crippen molar-refractivity contribution in [3.05, 3.63) is 77.3 Å². The number of anilines is 2. The molecule has 0 saturated heterocycles. The monoisotopic (exact) mass is 452 g/mol. The Labute approximate surface area is 190 Å². The van der Waals surface area contributed by atoms with Gasteiger partial charge in [-0.1, -0.05) is 23.7 Å². The van der Waals surface area contributed by atoms with E-state index < -0.39 is 0 Å². The zero-order chi connectivity index (χ0) is 22.5. The summed E-state index contributed by atoms with van der Waals surface area (Å²) in [5, 5.41) is 3.18. The molecule has 0 unspecified atom stereocenters. The van der Waals surface area contributed by atoms with Crippen molar-refractivity contribution in [1.29, 1.82) is 0 Å². The van der Waals surface area contributed by atoms with E-state index in [4.69, 9.17) is 25.8 Å². The highest BCUT2D eigenvalue weighted by molar-refractivity contribution is 6.34. The van der Waals surface area contributed by atoms with Crippen LogP contribution >= 0.6 is 11.6 Å². The average molecular weight is 453 g/mol. The minimum Gasteiger partial charge on any atom is -0.497 e. The van der Waals surface area contributed by atoms with E-state index in [0.717, 1.165) is 5.75 Å². The highest BCUT2D eigenvalue weighted by Crippen LogP contribution is 2.35. The quantitative estimate of drug-likeness (QED) is 0.574. The number of nitrogens with one attached hydrogen (secondary N) is 1. The highest BCUT2D eigenvalue weighted by atomic mass is 35.5. The van der Waals surface area contributed by atoms with Crippen LogP contribution in [-0.2, 0) is 4.79 Å². The molecule has 0 saturated carbocycles. The number of ether oxygens (including phenoxy) is 3. The van der Waals surface area contributed by atoms with Gasteiger partial charge in [-0.15, -0.1) is 0 Å². The number of nitrogens with zero attached hydrogens (tertiary/aromatic N) is 1. The predicted molar refractivity (Wildman–Crippen MR) is 122 cm³/mol. The fourth-order valence-electron chi connectivity index (χ4n) is 3.30. The van der Waals surface area contributed by atoms with Crippen LogP contribution in [0, 0.1) is 0 Å². The number of carbonyl (C=O) groups excluding carboxylic acids is 2. The van der Waals surface area contributed by atoms with E-state index in [0.29, 0.717) is 40.0 Å². The molecule has 0 spiro atoms. The molecular formula is C24H21ClN2O5. The molecule has 1 N–H and O–H groups in total. The molecule has 0 aromatic heterocycles. The van der Waals surface area contributed by atoms with Crippen LogP contribution in [0.3, 0.4) is 0 Å². The van der Waals surface area contributed by atoms with E-state index in [2.05, 4.69) is 5.32 Å². The van der Waals surface area contributed by atoms with E-state index in [-0.39, 0.29) is 25.0 Å². The Morgan fingerprint density at radius 2 is 1.84 bits per heavy atom. The molecule has 1 aliphatic heterocycles.